The Morgan fingerprint density at radius 1 is 1.03 bits per heavy atom. The van der Waals surface area contributed by atoms with Gasteiger partial charge in [-0.1, -0.05) is 6.07 Å². The fourth-order valence-corrected chi connectivity index (χ4v) is 3.92. The molecule has 0 aromatic carbocycles. The van der Waals surface area contributed by atoms with E-state index in [2.05, 4.69) is 25.9 Å². The molecule has 0 aliphatic carbocycles. The third-order valence-electron chi connectivity index (χ3n) is 5.55. The number of carbonyl (C=O) groups is 2. The molecule has 4 rings (SSSR count). The number of aromatic nitrogens is 3. The van der Waals surface area contributed by atoms with Gasteiger partial charge in [-0.05, 0) is 36.8 Å². The number of carboxylic acids is 2. The highest BCUT2D eigenvalue weighted by atomic mass is 19.4. The van der Waals surface area contributed by atoms with E-state index in [9.17, 15) is 26.3 Å². The summed E-state index contributed by atoms with van der Waals surface area (Å²) in [5.41, 5.74) is 1.32. The van der Waals surface area contributed by atoms with Crippen LogP contribution in [-0.2, 0) is 20.9 Å². The van der Waals surface area contributed by atoms with Crippen molar-refractivity contribution >= 4 is 11.9 Å². The van der Waals surface area contributed by atoms with Crippen LogP contribution in [0.15, 0.2) is 43.1 Å². The van der Waals surface area contributed by atoms with Gasteiger partial charge in [0.2, 0.25) is 5.88 Å². The van der Waals surface area contributed by atoms with Crippen molar-refractivity contribution in [2.45, 2.75) is 43.8 Å². The number of alkyl halides is 6. The number of hydrogen-bond acceptors (Lipinski definition) is 8. The molecule has 2 aromatic rings. The Hall–Kier alpha value is -3.53. The number of rotatable bonds is 6. The van der Waals surface area contributed by atoms with Crippen LogP contribution in [0.5, 0.6) is 5.88 Å². The summed E-state index contributed by atoms with van der Waals surface area (Å²) in [5.74, 6) is -4.25. The van der Waals surface area contributed by atoms with Gasteiger partial charge in [-0.2, -0.15) is 26.3 Å². The number of carboxylic acid groups (broad SMARTS) is 2. The van der Waals surface area contributed by atoms with Crippen molar-refractivity contribution in [2.24, 2.45) is 5.92 Å². The van der Waals surface area contributed by atoms with E-state index < -0.39 is 24.3 Å². The lowest BCUT2D eigenvalue weighted by Gasteiger charge is -2.53. The first-order valence-electron chi connectivity index (χ1n) is 11.4. The second kappa shape index (κ2) is 14.0. The minimum absolute atomic E-state index is 0.0533. The molecule has 10 nitrogen and oxygen atoms in total. The fraction of sp³-hybridized carbons (Fsp3) is 0.522. The van der Waals surface area contributed by atoms with Crippen molar-refractivity contribution in [3.63, 3.8) is 0 Å². The maximum atomic E-state index is 10.6. The zero-order valence-electron chi connectivity index (χ0n) is 20.4. The third kappa shape index (κ3) is 11.4. The summed E-state index contributed by atoms with van der Waals surface area (Å²) >= 11 is 0. The largest absolute Gasteiger partial charge is 0.490 e. The lowest BCUT2D eigenvalue weighted by atomic mass is 9.79. The van der Waals surface area contributed by atoms with E-state index in [1.165, 1.54) is 5.56 Å². The van der Waals surface area contributed by atoms with Crippen LogP contribution in [0.2, 0.25) is 0 Å². The van der Waals surface area contributed by atoms with Gasteiger partial charge in [0.05, 0.1) is 18.4 Å². The van der Waals surface area contributed by atoms with E-state index in [0.29, 0.717) is 18.4 Å². The number of nitrogens with zero attached hydrogens (tertiary/aromatic N) is 4. The van der Waals surface area contributed by atoms with E-state index in [4.69, 9.17) is 29.3 Å². The van der Waals surface area contributed by atoms with Gasteiger partial charge in [0.1, 0.15) is 0 Å². The van der Waals surface area contributed by atoms with Crippen LogP contribution in [0.4, 0.5) is 26.3 Å². The molecule has 216 valence electrons. The number of hydrogen-bond donors (Lipinski definition) is 2. The average Bonchev–Trinajstić information content (AvgIpc) is 2.84. The number of halogens is 6. The number of pyridine rings is 1. The highest BCUT2D eigenvalue weighted by Gasteiger charge is 2.47. The van der Waals surface area contributed by atoms with Gasteiger partial charge in [0.25, 0.3) is 0 Å². The van der Waals surface area contributed by atoms with E-state index in [0.717, 1.165) is 45.5 Å². The summed E-state index contributed by atoms with van der Waals surface area (Å²) < 4.78 is 75.3. The van der Waals surface area contributed by atoms with Gasteiger partial charge in [-0.15, -0.1) is 0 Å². The Morgan fingerprint density at radius 3 is 2.15 bits per heavy atom. The van der Waals surface area contributed by atoms with Crippen LogP contribution >= 0.6 is 0 Å². The molecule has 0 radical (unpaired) electrons. The molecule has 1 atom stereocenters. The topological polar surface area (TPSA) is 135 Å². The van der Waals surface area contributed by atoms with Gasteiger partial charge >= 0.3 is 24.3 Å². The standard InChI is InChI=1S/C19H24N4O2.2C2HF3O2/c1-2-17(11-20-5-1)13-23-14-19(15-23)10-16(4-9-25-19)3-8-24-18-12-21-6-7-22-18;2*3-2(4,5)1(6)7/h1-2,5-7,11-12,16H,3-4,8-10,13-15H2;2*(H,6,7). The molecule has 0 bridgehead atoms. The molecule has 1 spiro atoms. The van der Waals surface area contributed by atoms with Gasteiger partial charge in [0, 0.05) is 51.0 Å². The van der Waals surface area contributed by atoms with Crippen molar-refractivity contribution < 1.29 is 55.6 Å². The molecule has 16 heteroatoms. The van der Waals surface area contributed by atoms with Gasteiger partial charge in [-0.25, -0.2) is 14.6 Å². The van der Waals surface area contributed by atoms with Crippen LogP contribution in [0.3, 0.4) is 0 Å². The zero-order chi connectivity index (χ0) is 29.1. The molecule has 0 saturated carbocycles. The Morgan fingerprint density at radius 2 is 1.64 bits per heavy atom. The summed E-state index contributed by atoms with van der Waals surface area (Å²) in [7, 11) is 0. The van der Waals surface area contributed by atoms with Crippen molar-refractivity contribution in [1.82, 2.24) is 19.9 Å². The monoisotopic (exact) mass is 568 g/mol. The molecule has 2 saturated heterocycles. The molecular formula is C23H26F6N4O6. The summed E-state index contributed by atoms with van der Waals surface area (Å²) in [6.45, 7) is 4.54. The number of aliphatic carboxylic acids is 2. The van der Waals surface area contributed by atoms with Crippen LogP contribution in [-0.4, -0.2) is 86.3 Å². The summed E-state index contributed by atoms with van der Waals surface area (Å²) in [4.78, 5) is 32.6. The molecule has 39 heavy (non-hydrogen) atoms. The molecule has 2 aliphatic heterocycles. The highest BCUT2D eigenvalue weighted by Crippen LogP contribution is 2.38. The van der Waals surface area contributed by atoms with Crippen LogP contribution in [0.25, 0.3) is 0 Å². The molecule has 2 fully saturated rings. The molecule has 2 aliphatic rings. The first-order valence-corrected chi connectivity index (χ1v) is 11.4. The summed E-state index contributed by atoms with van der Waals surface area (Å²) in [6.07, 6.45) is 1.86. The van der Waals surface area contributed by atoms with Crippen LogP contribution in [0, 0.1) is 5.92 Å². The number of likely N-dealkylation sites (tertiary alicyclic amines) is 1. The van der Waals surface area contributed by atoms with E-state index in [1.54, 1.807) is 18.6 Å². The zero-order valence-corrected chi connectivity index (χ0v) is 20.4. The summed E-state index contributed by atoms with van der Waals surface area (Å²) in [6, 6.07) is 4.13. The predicted octanol–water partition coefficient (Wildman–Crippen LogP) is 3.59. The molecule has 2 N–H and O–H groups in total. The van der Waals surface area contributed by atoms with Crippen molar-refractivity contribution in [3.05, 3.63) is 48.7 Å². The Kier molecular flexibility index (Phi) is 11.4. The average molecular weight is 568 g/mol. The number of ether oxygens (including phenoxy) is 2. The lowest BCUT2D eigenvalue weighted by molar-refractivity contribution is -0.193. The summed E-state index contributed by atoms with van der Waals surface area (Å²) in [5, 5.41) is 14.2. The van der Waals surface area contributed by atoms with Gasteiger partial charge in [0.15, 0.2) is 0 Å². The smallest absolute Gasteiger partial charge is 0.477 e. The minimum Gasteiger partial charge on any atom is -0.477 e. The third-order valence-corrected chi connectivity index (χ3v) is 5.55. The lowest BCUT2D eigenvalue weighted by Crippen LogP contribution is -2.64. The quantitative estimate of drug-likeness (QED) is 0.498. The molecule has 2 aromatic heterocycles. The second-order valence-electron chi connectivity index (χ2n) is 8.68. The SMILES string of the molecule is O=C(O)C(F)(F)F.O=C(O)C(F)(F)F.c1cncc(CN2CC3(CC(CCOc4cnccn4)CCO3)C2)c1. The molecule has 1 unspecified atom stereocenters. The van der Waals surface area contributed by atoms with Crippen LogP contribution < -0.4 is 4.74 Å². The first-order chi connectivity index (χ1) is 18.2. The van der Waals surface area contributed by atoms with Crippen molar-refractivity contribution in [2.75, 3.05) is 26.3 Å². The Labute approximate surface area is 218 Å². The van der Waals surface area contributed by atoms with E-state index in [1.807, 2.05) is 18.5 Å². The maximum absolute atomic E-state index is 10.6. The second-order valence-corrected chi connectivity index (χ2v) is 8.68. The maximum Gasteiger partial charge on any atom is 0.490 e. The van der Waals surface area contributed by atoms with Gasteiger partial charge < -0.3 is 19.7 Å². The van der Waals surface area contributed by atoms with Gasteiger partial charge in [-0.3, -0.25) is 14.9 Å². The first kappa shape index (κ1) is 31.7. The predicted molar refractivity (Wildman–Crippen MR) is 120 cm³/mol. The fourth-order valence-electron chi connectivity index (χ4n) is 3.92. The van der Waals surface area contributed by atoms with Crippen molar-refractivity contribution in [3.8, 4) is 5.88 Å². The molecule has 4 heterocycles. The highest BCUT2D eigenvalue weighted by molar-refractivity contribution is 5.73. The van der Waals surface area contributed by atoms with E-state index >= 15 is 0 Å². The van der Waals surface area contributed by atoms with E-state index in [-0.39, 0.29) is 5.60 Å². The Bertz CT molecular complexity index is 1010. The molecule has 0 amide bonds. The Balaban J connectivity index is 0.000000317. The normalized spacial score (nSPS) is 18.5. The minimum atomic E-state index is -5.08. The molecular weight excluding hydrogens is 542 g/mol. The van der Waals surface area contributed by atoms with Crippen LogP contribution in [0.1, 0.15) is 24.8 Å². The van der Waals surface area contributed by atoms with Crippen molar-refractivity contribution in [1.29, 1.82) is 0 Å².